The van der Waals surface area contributed by atoms with E-state index in [0.717, 1.165) is 23.9 Å². The van der Waals surface area contributed by atoms with Gasteiger partial charge < -0.3 is 5.73 Å². The Morgan fingerprint density at radius 3 is 2.40 bits per heavy atom. The Morgan fingerprint density at radius 1 is 1.05 bits per heavy atom. The first kappa shape index (κ1) is 13.7. The van der Waals surface area contributed by atoms with Gasteiger partial charge in [0.2, 0.25) is 0 Å². The minimum absolute atomic E-state index is 0.571. The van der Waals surface area contributed by atoms with Crippen LogP contribution in [0.4, 0.5) is 0 Å². The van der Waals surface area contributed by atoms with Crippen LogP contribution in [0.1, 0.15) is 23.5 Å². The Bertz CT molecular complexity index is 549. The number of hydrogen-bond acceptors (Lipinski definition) is 1. The third-order valence-electron chi connectivity index (χ3n) is 4.39. The molecule has 3 rings (SSSR count). The topological polar surface area (TPSA) is 26.0 Å². The van der Waals surface area contributed by atoms with Crippen molar-refractivity contribution in [2.75, 3.05) is 6.54 Å². The molecule has 1 aliphatic carbocycles. The van der Waals surface area contributed by atoms with Crippen molar-refractivity contribution in [3.63, 3.8) is 0 Å². The SMILES string of the molecule is NCC(Cc1ccc(Cl)cc1)C1CC1c1ccccc1. The van der Waals surface area contributed by atoms with Gasteiger partial charge in [-0.25, -0.2) is 0 Å². The van der Waals surface area contributed by atoms with Gasteiger partial charge in [-0.2, -0.15) is 0 Å². The standard InChI is InChI=1S/C18H20ClN/c19-16-8-6-13(7-9-16)10-15(12-20)18-11-17(18)14-4-2-1-3-5-14/h1-9,15,17-18H,10-12,20H2. The molecule has 2 aromatic rings. The van der Waals surface area contributed by atoms with Crippen LogP contribution in [-0.4, -0.2) is 6.54 Å². The molecule has 0 radical (unpaired) electrons. The molecule has 0 saturated heterocycles. The molecule has 2 aromatic carbocycles. The lowest BCUT2D eigenvalue weighted by molar-refractivity contribution is 0.461. The molecule has 0 bridgehead atoms. The molecule has 1 saturated carbocycles. The van der Waals surface area contributed by atoms with Crippen LogP contribution in [0.5, 0.6) is 0 Å². The number of halogens is 1. The molecular weight excluding hydrogens is 266 g/mol. The monoisotopic (exact) mass is 285 g/mol. The summed E-state index contributed by atoms with van der Waals surface area (Å²) in [5.74, 6) is 2.01. The first-order valence-electron chi connectivity index (χ1n) is 7.27. The first-order chi connectivity index (χ1) is 9.78. The fourth-order valence-corrected chi connectivity index (χ4v) is 3.28. The molecule has 1 fully saturated rings. The smallest absolute Gasteiger partial charge is 0.0406 e. The van der Waals surface area contributed by atoms with Crippen molar-refractivity contribution in [2.24, 2.45) is 17.6 Å². The normalized spacial score (nSPS) is 22.5. The summed E-state index contributed by atoms with van der Waals surface area (Å²) in [7, 11) is 0. The average molecular weight is 286 g/mol. The first-order valence-corrected chi connectivity index (χ1v) is 7.65. The molecule has 104 valence electrons. The molecule has 3 unspecified atom stereocenters. The molecule has 1 nitrogen and oxygen atoms in total. The molecule has 0 aromatic heterocycles. The quantitative estimate of drug-likeness (QED) is 0.873. The van der Waals surface area contributed by atoms with Crippen LogP contribution in [0.2, 0.25) is 5.02 Å². The van der Waals surface area contributed by atoms with E-state index >= 15 is 0 Å². The lowest BCUT2D eigenvalue weighted by Gasteiger charge is -2.15. The fourth-order valence-electron chi connectivity index (χ4n) is 3.15. The maximum atomic E-state index is 6.01. The van der Waals surface area contributed by atoms with Crippen molar-refractivity contribution >= 4 is 11.6 Å². The summed E-state index contributed by atoms with van der Waals surface area (Å²) in [6.07, 6.45) is 2.33. The second kappa shape index (κ2) is 5.99. The summed E-state index contributed by atoms with van der Waals surface area (Å²) >= 11 is 5.94. The van der Waals surface area contributed by atoms with E-state index in [-0.39, 0.29) is 0 Å². The van der Waals surface area contributed by atoms with Crippen LogP contribution in [0.25, 0.3) is 0 Å². The van der Waals surface area contributed by atoms with Gasteiger partial charge >= 0.3 is 0 Å². The second-order valence-corrected chi connectivity index (χ2v) is 6.18. The van der Waals surface area contributed by atoms with Gasteiger partial charge in [0.15, 0.2) is 0 Å². The highest BCUT2D eigenvalue weighted by atomic mass is 35.5. The van der Waals surface area contributed by atoms with Crippen molar-refractivity contribution < 1.29 is 0 Å². The number of hydrogen-bond donors (Lipinski definition) is 1. The number of rotatable bonds is 5. The van der Waals surface area contributed by atoms with Crippen LogP contribution >= 0.6 is 11.6 Å². The Balaban J connectivity index is 1.65. The van der Waals surface area contributed by atoms with Crippen LogP contribution in [-0.2, 0) is 6.42 Å². The Labute approximate surface area is 125 Å². The van der Waals surface area contributed by atoms with Crippen molar-refractivity contribution in [1.29, 1.82) is 0 Å². The number of benzene rings is 2. The van der Waals surface area contributed by atoms with Gasteiger partial charge in [0, 0.05) is 5.02 Å². The highest BCUT2D eigenvalue weighted by Gasteiger charge is 2.42. The number of nitrogens with two attached hydrogens (primary N) is 1. The molecule has 0 spiro atoms. The summed E-state index contributed by atoms with van der Waals surface area (Å²) in [6.45, 7) is 0.761. The molecule has 0 amide bonds. The van der Waals surface area contributed by atoms with Gasteiger partial charge in [-0.1, -0.05) is 54.1 Å². The van der Waals surface area contributed by atoms with Crippen molar-refractivity contribution in [1.82, 2.24) is 0 Å². The summed E-state index contributed by atoms with van der Waals surface area (Å²) in [4.78, 5) is 0. The Morgan fingerprint density at radius 2 is 1.75 bits per heavy atom. The molecule has 0 aliphatic heterocycles. The molecule has 3 atom stereocenters. The Hall–Kier alpha value is -1.31. The summed E-state index contributed by atoms with van der Waals surface area (Å²) in [5.41, 5.74) is 8.81. The summed E-state index contributed by atoms with van der Waals surface area (Å²) in [6, 6.07) is 19.0. The van der Waals surface area contributed by atoms with Crippen molar-refractivity contribution in [3.05, 3.63) is 70.7 Å². The van der Waals surface area contributed by atoms with E-state index in [2.05, 4.69) is 42.5 Å². The van der Waals surface area contributed by atoms with E-state index in [0.29, 0.717) is 11.8 Å². The average Bonchev–Trinajstić information content (AvgIpc) is 3.28. The zero-order chi connectivity index (χ0) is 13.9. The zero-order valence-electron chi connectivity index (χ0n) is 11.5. The minimum atomic E-state index is 0.571. The van der Waals surface area contributed by atoms with Crippen molar-refractivity contribution in [2.45, 2.75) is 18.8 Å². The van der Waals surface area contributed by atoms with Crippen LogP contribution in [0.3, 0.4) is 0 Å². The predicted octanol–water partition coefficient (Wildman–Crippen LogP) is 4.26. The fraction of sp³-hybridized carbons (Fsp3) is 0.333. The van der Waals surface area contributed by atoms with Gasteiger partial charge in [-0.05, 0) is 60.4 Å². The van der Waals surface area contributed by atoms with Gasteiger partial charge in [-0.15, -0.1) is 0 Å². The van der Waals surface area contributed by atoms with Crippen LogP contribution < -0.4 is 5.73 Å². The van der Waals surface area contributed by atoms with Crippen LogP contribution in [0.15, 0.2) is 54.6 Å². The van der Waals surface area contributed by atoms with E-state index in [9.17, 15) is 0 Å². The molecule has 2 N–H and O–H groups in total. The van der Waals surface area contributed by atoms with Crippen molar-refractivity contribution in [3.8, 4) is 0 Å². The minimum Gasteiger partial charge on any atom is -0.330 e. The van der Waals surface area contributed by atoms with Gasteiger partial charge in [0.25, 0.3) is 0 Å². The molecule has 2 heteroatoms. The second-order valence-electron chi connectivity index (χ2n) is 5.74. The van der Waals surface area contributed by atoms with E-state index in [1.54, 1.807) is 0 Å². The molecule has 0 heterocycles. The molecule has 1 aliphatic rings. The highest BCUT2D eigenvalue weighted by molar-refractivity contribution is 6.30. The maximum Gasteiger partial charge on any atom is 0.0406 e. The Kier molecular flexibility index (Phi) is 4.09. The van der Waals surface area contributed by atoms with Crippen LogP contribution in [0, 0.1) is 11.8 Å². The summed E-state index contributed by atoms with van der Waals surface area (Å²) in [5, 5.41) is 0.798. The van der Waals surface area contributed by atoms with E-state index in [4.69, 9.17) is 17.3 Å². The highest BCUT2D eigenvalue weighted by Crippen LogP contribution is 2.52. The molecule has 20 heavy (non-hydrogen) atoms. The lowest BCUT2D eigenvalue weighted by Crippen LogP contribution is -2.19. The largest absolute Gasteiger partial charge is 0.330 e. The third-order valence-corrected chi connectivity index (χ3v) is 4.64. The van der Waals surface area contributed by atoms with E-state index in [1.807, 2.05) is 12.1 Å². The maximum absolute atomic E-state index is 6.01. The zero-order valence-corrected chi connectivity index (χ0v) is 12.3. The molecular formula is C18H20ClN. The van der Waals surface area contributed by atoms with Gasteiger partial charge in [-0.3, -0.25) is 0 Å². The third kappa shape index (κ3) is 3.05. The van der Waals surface area contributed by atoms with E-state index in [1.165, 1.54) is 17.5 Å². The summed E-state index contributed by atoms with van der Waals surface area (Å²) < 4.78 is 0. The van der Waals surface area contributed by atoms with Gasteiger partial charge in [0.05, 0.1) is 0 Å². The van der Waals surface area contributed by atoms with Gasteiger partial charge in [0.1, 0.15) is 0 Å². The predicted molar refractivity (Wildman–Crippen MR) is 85.0 cm³/mol. The van der Waals surface area contributed by atoms with E-state index < -0.39 is 0 Å². The lowest BCUT2D eigenvalue weighted by atomic mass is 9.92.